The first-order valence-electron chi connectivity index (χ1n) is 7.70. The minimum Gasteiger partial charge on any atom is -0.490 e. The molecule has 0 aliphatic rings. The number of carbonyl (C=O) groups excluding carboxylic acids is 1. The molecule has 0 aromatic heterocycles. The van der Waals surface area contributed by atoms with Gasteiger partial charge in [0.05, 0.1) is 11.6 Å². The summed E-state index contributed by atoms with van der Waals surface area (Å²) in [6.07, 6.45) is 1.36. The highest BCUT2D eigenvalue weighted by Gasteiger charge is 2.14. The van der Waals surface area contributed by atoms with Crippen molar-refractivity contribution < 1.29 is 14.3 Å². The van der Waals surface area contributed by atoms with Gasteiger partial charge in [-0.25, -0.2) is 0 Å². The van der Waals surface area contributed by atoms with Gasteiger partial charge in [0.2, 0.25) is 0 Å². The van der Waals surface area contributed by atoms with Gasteiger partial charge < -0.3 is 15.2 Å². The molecule has 134 valence electrons. The summed E-state index contributed by atoms with van der Waals surface area (Å²) in [7, 11) is 0. The van der Waals surface area contributed by atoms with Gasteiger partial charge in [0.1, 0.15) is 18.2 Å². The second-order valence-electron chi connectivity index (χ2n) is 5.18. The third-order valence-corrected chi connectivity index (χ3v) is 4.41. The Labute approximate surface area is 165 Å². The summed E-state index contributed by atoms with van der Waals surface area (Å²) in [6.45, 7) is 2.52. The summed E-state index contributed by atoms with van der Waals surface area (Å²) < 4.78 is 12.4. The van der Waals surface area contributed by atoms with E-state index in [0.29, 0.717) is 35.3 Å². The van der Waals surface area contributed by atoms with Crippen LogP contribution in [-0.2, 0) is 11.4 Å². The SMILES string of the molecule is CCOc1cc(/C=C(\C#N)C(N)=O)cc(Cl)c1OCc1ccccc1Br. The molecule has 0 saturated heterocycles. The fraction of sp³-hybridized carbons (Fsp3) is 0.158. The van der Waals surface area contributed by atoms with E-state index in [2.05, 4.69) is 15.9 Å². The Hall–Kier alpha value is -2.49. The number of hydrogen-bond donors (Lipinski definition) is 1. The van der Waals surface area contributed by atoms with Crippen LogP contribution in [0.3, 0.4) is 0 Å². The smallest absolute Gasteiger partial charge is 0.259 e. The molecule has 26 heavy (non-hydrogen) atoms. The number of amides is 1. The summed E-state index contributed by atoms with van der Waals surface area (Å²) in [5.41, 5.74) is 6.46. The van der Waals surface area contributed by atoms with Crippen molar-refractivity contribution in [2.24, 2.45) is 5.73 Å². The van der Waals surface area contributed by atoms with E-state index in [4.69, 9.17) is 32.1 Å². The first kappa shape index (κ1) is 19.8. The second kappa shape index (κ2) is 9.27. The number of hydrogen-bond acceptors (Lipinski definition) is 4. The summed E-state index contributed by atoms with van der Waals surface area (Å²) in [5, 5.41) is 9.28. The van der Waals surface area contributed by atoms with E-state index < -0.39 is 5.91 Å². The third kappa shape index (κ3) is 5.01. The first-order chi connectivity index (χ1) is 12.5. The fourth-order valence-corrected chi connectivity index (χ4v) is 2.84. The number of rotatable bonds is 7. The van der Waals surface area contributed by atoms with Crippen LogP contribution >= 0.6 is 27.5 Å². The van der Waals surface area contributed by atoms with E-state index in [1.807, 2.05) is 31.2 Å². The largest absolute Gasteiger partial charge is 0.490 e. The van der Waals surface area contributed by atoms with Crippen molar-refractivity contribution in [2.45, 2.75) is 13.5 Å². The highest BCUT2D eigenvalue weighted by molar-refractivity contribution is 9.10. The highest BCUT2D eigenvalue weighted by atomic mass is 79.9. The number of benzene rings is 2. The van der Waals surface area contributed by atoms with E-state index in [0.717, 1.165) is 10.0 Å². The van der Waals surface area contributed by atoms with Crippen molar-refractivity contribution in [1.29, 1.82) is 5.26 Å². The van der Waals surface area contributed by atoms with Crippen molar-refractivity contribution in [1.82, 2.24) is 0 Å². The molecule has 2 N–H and O–H groups in total. The predicted octanol–water partition coefficient (Wildman–Crippen LogP) is 4.47. The minimum atomic E-state index is -0.809. The minimum absolute atomic E-state index is 0.176. The van der Waals surface area contributed by atoms with Gasteiger partial charge in [0.15, 0.2) is 11.5 Å². The Morgan fingerprint density at radius 1 is 1.35 bits per heavy atom. The first-order valence-corrected chi connectivity index (χ1v) is 8.87. The molecule has 2 rings (SSSR count). The van der Waals surface area contributed by atoms with Crippen LogP contribution in [0, 0.1) is 11.3 Å². The molecule has 2 aromatic carbocycles. The van der Waals surface area contributed by atoms with Crippen LogP contribution in [0.1, 0.15) is 18.1 Å². The molecule has 0 aliphatic heterocycles. The van der Waals surface area contributed by atoms with E-state index in [1.165, 1.54) is 6.08 Å². The number of nitrogens with zero attached hydrogens (tertiary/aromatic N) is 1. The Kier molecular flexibility index (Phi) is 7.07. The summed E-state index contributed by atoms with van der Waals surface area (Å²) in [5.74, 6) is -0.00472. The van der Waals surface area contributed by atoms with Gasteiger partial charge in [0, 0.05) is 10.0 Å². The molecule has 0 aliphatic carbocycles. The highest BCUT2D eigenvalue weighted by Crippen LogP contribution is 2.38. The molecule has 0 unspecified atom stereocenters. The van der Waals surface area contributed by atoms with E-state index in [-0.39, 0.29) is 5.57 Å². The van der Waals surface area contributed by atoms with Crippen molar-refractivity contribution in [3.63, 3.8) is 0 Å². The molecule has 0 atom stereocenters. The predicted molar refractivity (Wildman–Crippen MR) is 104 cm³/mol. The van der Waals surface area contributed by atoms with Gasteiger partial charge in [-0.05, 0) is 36.8 Å². The summed E-state index contributed by atoms with van der Waals surface area (Å²) in [4.78, 5) is 11.2. The maximum absolute atomic E-state index is 11.2. The van der Waals surface area contributed by atoms with Crippen molar-refractivity contribution in [2.75, 3.05) is 6.61 Å². The number of primary amides is 1. The molecule has 0 heterocycles. The van der Waals surface area contributed by atoms with Gasteiger partial charge in [0.25, 0.3) is 5.91 Å². The van der Waals surface area contributed by atoms with Crippen LogP contribution < -0.4 is 15.2 Å². The van der Waals surface area contributed by atoms with Crippen LogP contribution in [0.5, 0.6) is 11.5 Å². The van der Waals surface area contributed by atoms with Gasteiger partial charge in [-0.1, -0.05) is 45.7 Å². The fourth-order valence-electron chi connectivity index (χ4n) is 2.16. The Morgan fingerprint density at radius 2 is 2.08 bits per heavy atom. The molecular weight excluding hydrogens is 420 g/mol. The topological polar surface area (TPSA) is 85.3 Å². The van der Waals surface area contributed by atoms with Crippen LogP contribution in [0.15, 0.2) is 46.4 Å². The molecule has 0 spiro atoms. The van der Waals surface area contributed by atoms with Crippen molar-refractivity contribution in [3.8, 4) is 17.6 Å². The van der Waals surface area contributed by atoms with Crippen LogP contribution in [-0.4, -0.2) is 12.5 Å². The molecule has 0 bridgehead atoms. The van der Waals surface area contributed by atoms with Gasteiger partial charge in [-0.2, -0.15) is 5.26 Å². The number of carbonyl (C=O) groups is 1. The quantitative estimate of drug-likeness (QED) is 0.513. The lowest BCUT2D eigenvalue weighted by Gasteiger charge is -2.15. The number of nitriles is 1. The number of ether oxygens (including phenoxy) is 2. The van der Waals surface area contributed by atoms with Gasteiger partial charge >= 0.3 is 0 Å². The molecule has 2 aromatic rings. The molecule has 0 saturated carbocycles. The lowest BCUT2D eigenvalue weighted by atomic mass is 10.1. The number of nitrogens with two attached hydrogens (primary N) is 1. The van der Waals surface area contributed by atoms with E-state index in [1.54, 1.807) is 18.2 Å². The van der Waals surface area contributed by atoms with Crippen LogP contribution in [0.2, 0.25) is 5.02 Å². The average molecular weight is 436 g/mol. The molecular formula is C19H16BrClN2O3. The number of halogens is 2. The molecule has 5 nitrogen and oxygen atoms in total. The second-order valence-corrected chi connectivity index (χ2v) is 6.44. The van der Waals surface area contributed by atoms with Crippen molar-refractivity contribution in [3.05, 3.63) is 62.6 Å². The lowest BCUT2D eigenvalue weighted by molar-refractivity contribution is -0.114. The zero-order valence-electron chi connectivity index (χ0n) is 14.0. The van der Waals surface area contributed by atoms with Crippen LogP contribution in [0.4, 0.5) is 0 Å². The standard InChI is InChI=1S/C19H16BrClN2O3/c1-2-25-17-9-12(7-14(10-22)19(23)24)8-16(21)18(17)26-11-13-5-3-4-6-15(13)20/h3-9H,2,11H2,1H3,(H2,23,24)/b14-7+. The molecule has 1 amide bonds. The molecule has 7 heteroatoms. The maximum atomic E-state index is 11.2. The summed E-state index contributed by atoms with van der Waals surface area (Å²) >= 11 is 9.81. The Morgan fingerprint density at radius 3 is 2.69 bits per heavy atom. The van der Waals surface area contributed by atoms with Gasteiger partial charge in [-0.3, -0.25) is 4.79 Å². The van der Waals surface area contributed by atoms with Crippen LogP contribution in [0.25, 0.3) is 6.08 Å². The van der Waals surface area contributed by atoms with Gasteiger partial charge in [-0.15, -0.1) is 0 Å². The van der Waals surface area contributed by atoms with E-state index in [9.17, 15) is 4.79 Å². The summed E-state index contributed by atoms with van der Waals surface area (Å²) in [6, 6.07) is 12.7. The molecule has 0 fully saturated rings. The van der Waals surface area contributed by atoms with E-state index >= 15 is 0 Å². The Balaban J connectivity index is 2.36. The zero-order valence-corrected chi connectivity index (χ0v) is 16.3. The maximum Gasteiger partial charge on any atom is 0.259 e. The third-order valence-electron chi connectivity index (χ3n) is 3.36. The average Bonchev–Trinajstić information content (AvgIpc) is 2.60. The lowest BCUT2D eigenvalue weighted by Crippen LogP contribution is -2.12. The Bertz CT molecular complexity index is 891. The molecule has 0 radical (unpaired) electrons. The normalized spacial score (nSPS) is 10.9. The zero-order chi connectivity index (χ0) is 19.1. The van der Waals surface area contributed by atoms with Crippen molar-refractivity contribution >= 4 is 39.5 Å². The monoisotopic (exact) mass is 434 g/mol.